The Hall–Kier alpha value is -2.08. The summed E-state index contributed by atoms with van der Waals surface area (Å²) in [7, 11) is 1.66. The maximum atomic E-state index is 12.4. The summed E-state index contributed by atoms with van der Waals surface area (Å²) in [6.07, 6.45) is 2.97. The molecule has 0 spiro atoms. The van der Waals surface area contributed by atoms with Crippen LogP contribution < -0.4 is 11.1 Å². The van der Waals surface area contributed by atoms with Crippen molar-refractivity contribution in [2.24, 2.45) is 10.9 Å². The lowest BCUT2D eigenvalue weighted by Crippen LogP contribution is -2.51. The van der Waals surface area contributed by atoms with Gasteiger partial charge in [0.25, 0.3) is 0 Å². The van der Waals surface area contributed by atoms with Crippen LogP contribution in [0.1, 0.15) is 30.7 Å². The topological polar surface area (TPSA) is 96.9 Å². The molecule has 1 aromatic rings. The zero-order valence-electron chi connectivity index (χ0n) is 12.1. The molecular formula is C15H21N3O3. The molecule has 1 unspecified atom stereocenters. The molecule has 0 saturated heterocycles. The van der Waals surface area contributed by atoms with Gasteiger partial charge in [0, 0.05) is 13.7 Å². The van der Waals surface area contributed by atoms with E-state index in [0.29, 0.717) is 12.1 Å². The van der Waals surface area contributed by atoms with Crippen molar-refractivity contribution in [1.29, 1.82) is 0 Å². The fourth-order valence-electron chi connectivity index (χ4n) is 2.53. The number of nitrogens with zero attached hydrogens (tertiary/aromatic N) is 1. The fraction of sp³-hybridized carbons (Fsp3) is 0.467. The van der Waals surface area contributed by atoms with Crippen molar-refractivity contribution in [2.75, 3.05) is 13.7 Å². The van der Waals surface area contributed by atoms with E-state index < -0.39 is 5.92 Å². The first kappa shape index (κ1) is 15.3. The summed E-state index contributed by atoms with van der Waals surface area (Å²) in [5, 5.41) is 14.7. The quantitative estimate of drug-likeness (QED) is 0.317. The Balaban J connectivity index is 2.09. The number of carbonyl (C=O) groups excluding carboxylic acids is 1. The third-order valence-corrected chi connectivity index (χ3v) is 4.09. The molecule has 21 heavy (non-hydrogen) atoms. The molecule has 0 radical (unpaired) electrons. The standard InChI is InChI=1S/C15H21N3O3/c1-21-15(8-5-9-15)10-17-14(19)12(13(16)18-20)11-6-3-2-4-7-11/h2-4,6-7,12,20H,5,8-10H2,1H3,(H2,16,18)(H,17,19). The summed E-state index contributed by atoms with van der Waals surface area (Å²) in [5.74, 6) is -1.22. The molecule has 0 aliphatic heterocycles. The van der Waals surface area contributed by atoms with E-state index in [-0.39, 0.29) is 17.3 Å². The minimum Gasteiger partial charge on any atom is -0.409 e. The fourth-order valence-corrected chi connectivity index (χ4v) is 2.53. The molecular weight excluding hydrogens is 270 g/mol. The molecule has 1 saturated carbocycles. The van der Waals surface area contributed by atoms with Crippen molar-refractivity contribution >= 4 is 11.7 Å². The van der Waals surface area contributed by atoms with E-state index in [4.69, 9.17) is 15.7 Å². The minimum atomic E-state index is -0.801. The normalized spacial score (nSPS) is 18.6. The molecule has 1 amide bonds. The highest BCUT2D eigenvalue weighted by Crippen LogP contribution is 2.34. The molecule has 6 heteroatoms. The van der Waals surface area contributed by atoms with Crippen LogP contribution in [0.3, 0.4) is 0 Å². The van der Waals surface area contributed by atoms with Gasteiger partial charge in [0.1, 0.15) is 5.92 Å². The van der Waals surface area contributed by atoms with Gasteiger partial charge in [-0.05, 0) is 24.8 Å². The SMILES string of the molecule is COC1(CNC(=O)C(/C(N)=N/O)c2ccccc2)CCC1. The molecule has 2 rings (SSSR count). The van der Waals surface area contributed by atoms with Gasteiger partial charge in [-0.2, -0.15) is 0 Å². The van der Waals surface area contributed by atoms with Gasteiger partial charge in [0.2, 0.25) is 5.91 Å². The van der Waals surface area contributed by atoms with Crippen molar-refractivity contribution in [2.45, 2.75) is 30.8 Å². The number of benzene rings is 1. The summed E-state index contributed by atoms with van der Waals surface area (Å²) in [4.78, 5) is 12.4. The lowest BCUT2D eigenvalue weighted by molar-refractivity contribution is -0.125. The molecule has 1 aliphatic carbocycles. The third kappa shape index (κ3) is 3.33. The summed E-state index contributed by atoms with van der Waals surface area (Å²) in [6.45, 7) is 0.435. The van der Waals surface area contributed by atoms with Gasteiger partial charge in [0.15, 0.2) is 5.84 Å². The second-order valence-electron chi connectivity index (χ2n) is 5.33. The van der Waals surface area contributed by atoms with Gasteiger partial charge in [-0.1, -0.05) is 35.5 Å². The second-order valence-corrected chi connectivity index (χ2v) is 5.33. The molecule has 0 bridgehead atoms. The molecule has 6 nitrogen and oxygen atoms in total. The molecule has 0 heterocycles. The summed E-state index contributed by atoms with van der Waals surface area (Å²) in [5.41, 5.74) is 6.10. The predicted molar refractivity (Wildman–Crippen MR) is 79.2 cm³/mol. The number of nitrogens with two attached hydrogens (primary N) is 1. The lowest BCUT2D eigenvalue weighted by atomic mass is 9.80. The van der Waals surface area contributed by atoms with Gasteiger partial charge >= 0.3 is 0 Å². The minimum absolute atomic E-state index is 0.126. The Bertz CT molecular complexity index is 507. The predicted octanol–water partition coefficient (Wildman–Crippen LogP) is 1.20. The highest BCUT2D eigenvalue weighted by atomic mass is 16.5. The number of amidine groups is 1. The Labute approximate surface area is 124 Å². The number of nitrogens with one attached hydrogen (secondary N) is 1. The summed E-state index contributed by atoms with van der Waals surface area (Å²) < 4.78 is 5.47. The molecule has 1 aromatic carbocycles. The van der Waals surface area contributed by atoms with Crippen LogP contribution in [-0.4, -0.2) is 36.2 Å². The zero-order valence-corrected chi connectivity index (χ0v) is 12.1. The molecule has 1 fully saturated rings. The van der Waals surface area contributed by atoms with Gasteiger partial charge in [-0.15, -0.1) is 0 Å². The number of carbonyl (C=O) groups is 1. The van der Waals surface area contributed by atoms with Gasteiger partial charge < -0.3 is 21.0 Å². The monoisotopic (exact) mass is 291 g/mol. The first-order chi connectivity index (χ1) is 10.1. The highest BCUT2D eigenvalue weighted by molar-refractivity contribution is 6.07. The zero-order chi connectivity index (χ0) is 15.3. The number of hydrogen-bond donors (Lipinski definition) is 3. The Kier molecular flexibility index (Phi) is 4.80. The van der Waals surface area contributed by atoms with Crippen LogP contribution in [-0.2, 0) is 9.53 Å². The van der Waals surface area contributed by atoms with Crippen LogP contribution in [0, 0.1) is 0 Å². The van der Waals surface area contributed by atoms with E-state index in [2.05, 4.69) is 10.5 Å². The van der Waals surface area contributed by atoms with Crippen LogP contribution in [0.15, 0.2) is 35.5 Å². The van der Waals surface area contributed by atoms with Crippen LogP contribution in [0.2, 0.25) is 0 Å². The highest BCUT2D eigenvalue weighted by Gasteiger charge is 2.38. The number of methoxy groups -OCH3 is 1. The first-order valence-corrected chi connectivity index (χ1v) is 6.97. The molecule has 114 valence electrons. The number of hydrogen-bond acceptors (Lipinski definition) is 4. The molecule has 0 aromatic heterocycles. The van der Waals surface area contributed by atoms with E-state index in [0.717, 1.165) is 19.3 Å². The van der Waals surface area contributed by atoms with Crippen LogP contribution in [0.25, 0.3) is 0 Å². The molecule has 4 N–H and O–H groups in total. The van der Waals surface area contributed by atoms with E-state index >= 15 is 0 Å². The summed E-state index contributed by atoms with van der Waals surface area (Å²) >= 11 is 0. The van der Waals surface area contributed by atoms with Crippen molar-refractivity contribution in [3.63, 3.8) is 0 Å². The number of amides is 1. The Morgan fingerprint density at radius 1 is 1.48 bits per heavy atom. The van der Waals surface area contributed by atoms with E-state index in [1.807, 2.05) is 18.2 Å². The van der Waals surface area contributed by atoms with E-state index in [1.54, 1.807) is 19.2 Å². The Morgan fingerprint density at radius 2 is 2.14 bits per heavy atom. The van der Waals surface area contributed by atoms with Crippen molar-refractivity contribution in [1.82, 2.24) is 5.32 Å². The van der Waals surface area contributed by atoms with Gasteiger partial charge in [0.05, 0.1) is 5.60 Å². The maximum Gasteiger partial charge on any atom is 0.235 e. The number of ether oxygens (including phenoxy) is 1. The maximum absolute atomic E-state index is 12.4. The molecule has 1 atom stereocenters. The average molecular weight is 291 g/mol. The lowest BCUT2D eigenvalue weighted by Gasteiger charge is -2.40. The largest absolute Gasteiger partial charge is 0.409 e. The van der Waals surface area contributed by atoms with Gasteiger partial charge in [-0.3, -0.25) is 4.79 Å². The van der Waals surface area contributed by atoms with E-state index in [9.17, 15) is 4.79 Å². The number of oxime groups is 1. The smallest absolute Gasteiger partial charge is 0.235 e. The van der Waals surface area contributed by atoms with E-state index in [1.165, 1.54) is 0 Å². The third-order valence-electron chi connectivity index (χ3n) is 4.09. The van der Waals surface area contributed by atoms with Crippen molar-refractivity contribution in [3.05, 3.63) is 35.9 Å². The molecule has 1 aliphatic rings. The van der Waals surface area contributed by atoms with Crippen LogP contribution >= 0.6 is 0 Å². The summed E-state index contributed by atoms with van der Waals surface area (Å²) in [6, 6.07) is 9.01. The number of rotatable bonds is 6. The van der Waals surface area contributed by atoms with Gasteiger partial charge in [-0.25, -0.2) is 0 Å². The van der Waals surface area contributed by atoms with Crippen LogP contribution in [0.5, 0.6) is 0 Å². The first-order valence-electron chi connectivity index (χ1n) is 6.97. The second kappa shape index (κ2) is 6.58. The Morgan fingerprint density at radius 3 is 2.62 bits per heavy atom. The van der Waals surface area contributed by atoms with Crippen molar-refractivity contribution in [3.8, 4) is 0 Å². The van der Waals surface area contributed by atoms with Crippen molar-refractivity contribution < 1.29 is 14.7 Å². The average Bonchev–Trinajstić information content (AvgIpc) is 2.47. The van der Waals surface area contributed by atoms with Crippen LogP contribution in [0.4, 0.5) is 0 Å².